The van der Waals surface area contributed by atoms with E-state index in [9.17, 15) is 22.0 Å². The number of hydrogen-bond acceptors (Lipinski definition) is 2. The first-order chi connectivity index (χ1) is 10.3. The lowest BCUT2D eigenvalue weighted by Crippen LogP contribution is -2.16. The molecule has 118 valence electrons. The fourth-order valence-corrected chi connectivity index (χ4v) is 2.04. The molecule has 0 bridgehead atoms. The summed E-state index contributed by atoms with van der Waals surface area (Å²) in [5.74, 6) is -0.614. The lowest BCUT2D eigenvalue weighted by Gasteiger charge is -2.12. The summed E-state index contributed by atoms with van der Waals surface area (Å²) in [7, 11) is 0. The molecular formula is C14H8ClF5O2. The average Bonchev–Trinajstić information content (AvgIpc) is 2.40. The van der Waals surface area contributed by atoms with Crippen molar-refractivity contribution in [3.8, 4) is 22.6 Å². The van der Waals surface area contributed by atoms with Gasteiger partial charge in [0, 0.05) is 5.56 Å². The third-order valence-electron chi connectivity index (χ3n) is 2.58. The summed E-state index contributed by atoms with van der Waals surface area (Å²) in [4.78, 5) is 0. The van der Waals surface area contributed by atoms with Crippen LogP contribution in [0, 0.1) is 0 Å². The molecule has 0 aromatic heterocycles. The molecule has 0 spiro atoms. The van der Waals surface area contributed by atoms with Gasteiger partial charge in [0.05, 0.1) is 5.02 Å². The monoisotopic (exact) mass is 338 g/mol. The second-order valence-electron chi connectivity index (χ2n) is 4.07. The Bertz CT molecular complexity index is 641. The van der Waals surface area contributed by atoms with Gasteiger partial charge in [-0.3, -0.25) is 0 Å². The summed E-state index contributed by atoms with van der Waals surface area (Å²) in [5, 5.41) is -0.0627. The molecule has 8 heteroatoms. The van der Waals surface area contributed by atoms with Gasteiger partial charge in [0.2, 0.25) is 0 Å². The Balaban J connectivity index is 2.29. The van der Waals surface area contributed by atoms with Crippen molar-refractivity contribution in [2.45, 2.75) is 13.0 Å². The molecule has 0 saturated carbocycles. The van der Waals surface area contributed by atoms with Crippen molar-refractivity contribution in [3.63, 3.8) is 0 Å². The van der Waals surface area contributed by atoms with Crippen LogP contribution in [0.4, 0.5) is 22.0 Å². The Hall–Kier alpha value is -2.02. The zero-order chi connectivity index (χ0) is 16.3. The highest BCUT2D eigenvalue weighted by molar-refractivity contribution is 6.34. The van der Waals surface area contributed by atoms with Crippen LogP contribution in [-0.2, 0) is 0 Å². The van der Waals surface area contributed by atoms with E-state index in [1.807, 2.05) is 0 Å². The van der Waals surface area contributed by atoms with E-state index in [0.717, 1.165) is 12.1 Å². The van der Waals surface area contributed by atoms with E-state index in [2.05, 4.69) is 9.47 Å². The maximum atomic E-state index is 12.2. The number of ether oxygens (including phenoxy) is 2. The van der Waals surface area contributed by atoms with Crippen LogP contribution < -0.4 is 9.47 Å². The second kappa shape index (κ2) is 6.39. The highest BCUT2D eigenvalue weighted by Crippen LogP contribution is 2.36. The molecule has 0 aliphatic heterocycles. The molecule has 0 fully saturated rings. The molecule has 2 rings (SSSR count). The minimum absolute atomic E-state index is 0.0627. The molecule has 0 heterocycles. The summed E-state index contributed by atoms with van der Waals surface area (Å²) in [5.41, 5.74) is 0.776. The van der Waals surface area contributed by atoms with E-state index in [1.165, 1.54) is 30.3 Å². The standard InChI is InChI=1S/C14H8ClF5O2/c15-12-10(2-1-3-11(12)21-13(16)17)8-4-6-9(7-5-8)22-14(18,19)20/h1-7,13H. The van der Waals surface area contributed by atoms with E-state index in [-0.39, 0.29) is 10.8 Å². The lowest BCUT2D eigenvalue weighted by atomic mass is 10.1. The molecule has 0 amide bonds. The van der Waals surface area contributed by atoms with Crippen LogP contribution in [0.1, 0.15) is 0 Å². The Kier molecular flexibility index (Phi) is 4.75. The molecule has 0 unspecified atom stereocenters. The van der Waals surface area contributed by atoms with Gasteiger partial charge in [-0.15, -0.1) is 13.2 Å². The number of rotatable bonds is 4. The molecule has 0 saturated heterocycles. The predicted octanol–water partition coefficient (Wildman–Crippen LogP) is 5.51. The molecule has 22 heavy (non-hydrogen) atoms. The average molecular weight is 339 g/mol. The molecular weight excluding hydrogens is 331 g/mol. The molecule has 0 radical (unpaired) electrons. The van der Waals surface area contributed by atoms with Crippen LogP contribution in [0.2, 0.25) is 5.02 Å². The van der Waals surface area contributed by atoms with Crippen LogP contribution >= 0.6 is 11.6 Å². The summed E-state index contributed by atoms with van der Waals surface area (Å²) in [6.07, 6.45) is -4.79. The van der Waals surface area contributed by atoms with Crippen molar-refractivity contribution in [1.29, 1.82) is 0 Å². The fourth-order valence-electron chi connectivity index (χ4n) is 1.76. The summed E-state index contributed by atoms with van der Waals surface area (Å²) >= 11 is 5.96. The third-order valence-corrected chi connectivity index (χ3v) is 2.97. The van der Waals surface area contributed by atoms with E-state index in [4.69, 9.17) is 11.6 Å². The highest BCUT2D eigenvalue weighted by Gasteiger charge is 2.31. The normalized spacial score (nSPS) is 11.6. The number of halogens is 6. The van der Waals surface area contributed by atoms with Crippen molar-refractivity contribution in [2.75, 3.05) is 0 Å². The van der Waals surface area contributed by atoms with Gasteiger partial charge in [0.1, 0.15) is 11.5 Å². The summed E-state index contributed by atoms with van der Waals surface area (Å²) in [6.45, 7) is -3.03. The zero-order valence-corrected chi connectivity index (χ0v) is 11.5. The van der Waals surface area contributed by atoms with Gasteiger partial charge >= 0.3 is 13.0 Å². The van der Waals surface area contributed by atoms with Gasteiger partial charge < -0.3 is 9.47 Å². The first-order valence-electron chi connectivity index (χ1n) is 5.86. The maximum Gasteiger partial charge on any atom is 0.573 e. The van der Waals surface area contributed by atoms with Crippen molar-refractivity contribution < 1.29 is 31.4 Å². The Morgan fingerprint density at radius 1 is 0.955 bits per heavy atom. The molecule has 0 aliphatic carbocycles. The first-order valence-corrected chi connectivity index (χ1v) is 6.23. The van der Waals surface area contributed by atoms with Gasteiger partial charge in [0.25, 0.3) is 0 Å². The third kappa shape index (κ3) is 4.24. The van der Waals surface area contributed by atoms with E-state index >= 15 is 0 Å². The molecule has 2 nitrogen and oxygen atoms in total. The van der Waals surface area contributed by atoms with Crippen LogP contribution in [-0.4, -0.2) is 13.0 Å². The van der Waals surface area contributed by atoms with Crippen LogP contribution in [0.5, 0.6) is 11.5 Å². The van der Waals surface area contributed by atoms with Crippen LogP contribution in [0.3, 0.4) is 0 Å². The van der Waals surface area contributed by atoms with Crippen molar-refractivity contribution >= 4 is 11.6 Å². The smallest absolute Gasteiger partial charge is 0.433 e. The molecule has 0 N–H and O–H groups in total. The van der Waals surface area contributed by atoms with Gasteiger partial charge in [-0.1, -0.05) is 35.9 Å². The molecule has 0 atom stereocenters. The fraction of sp³-hybridized carbons (Fsp3) is 0.143. The Morgan fingerprint density at radius 3 is 2.14 bits per heavy atom. The molecule has 0 aliphatic rings. The van der Waals surface area contributed by atoms with Crippen molar-refractivity contribution in [2.24, 2.45) is 0 Å². The van der Waals surface area contributed by atoms with Crippen molar-refractivity contribution in [3.05, 3.63) is 47.5 Å². The minimum Gasteiger partial charge on any atom is -0.433 e. The SMILES string of the molecule is FC(F)Oc1cccc(-c2ccc(OC(F)(F)F)cc2)c1Cl. The van der Waals surface area contributed by atoms with Crippen LogP contribution in [0.25, 0.3) is 11.1 Å². The predicted molar refractivity (Wildman–Crippen MR) is 70.2 cm³/mol. The van der Waals surface area contributed by atoms with Gasteiger partial charge in [-0.05, 0) is 23.8 Å². The van der Waals surface area contributed by atoms with E-state index in [1.54, 1.807) is 0 Å². The second-order valence-corrected chi connectivity index (χ2v) is 4.45. The quantitative estimate of drug-likeness (QED) is 0.685. The largest absolute Gasteiger partial charge is 0.573 e. The Labute approximate surface area is 127 Å². The number of hydrogen-bond donors (Lipinski definition) is 0. The number of alkyl halides is 5. The van der Waals surface area contributed by atoms with Gasteiger partial charge in [-0.25, -0.2) is 0 Å². The van der Waals surface area contributed by atoms with Crippen molar-refractivity contribution in [1.82, 2.24) is 0 Å². The summed E-state index contributed by atoms with van der Waals surface area (Å²) < 4.78 is 68.7. The van der Waals surface area contributed by atoms with Gasteiger partial charge in [-0.2, -0.15) is 8.78 Å². The first kappa shape index (κ1) is 16.4. The lowest BCUT2D eigenvalue weighted by molar-refractivity contribution is -0.274. The van der Waals surface area contributed by atoms with Crippen LogP contribution in [0.15, 0.2) is 42.5 Å². The maximum absolute atomic E-state index is 12.2. The Morgan fingerprint density at radius 2 is 1.59 bits per heavy atom. The zero-order valence-electron chi connectivity index (χ0n) is 10.7. The van der Waals surface area contributed by atoms with E-state index in [0.29, 0.717) is 11.1 Å². The van der Waals surface area contributed by atoms with Gasteiger partial charge in [0.15, 0.2) is 0 Å². The topological polar surface area (TPSA) is 18.5 Å². The molecule has 2 aromatic rings. The minimum atomic E-state index is -4.79. The molecule has 2 aromatic carbocycles. The van der Waals surface area contributed by atoms with E-state index < -0.39 is 18.7 Å². The summed E-state index contributed by atoms with van der Waals surface area (Å²) in [6, 6.07) is 9.08. The number of benzene rings is 2. The highest BCUT2D eigenvalue weighted by atomic mass is 35.5.